The summed E-state index contributed by atoms with van der Waals surface area (Å²) < 4.78 is 1.99. The molecule has 3 rings (SSSR count). The number of carbonyl (C=O) groups excluding carboxylic acids is 1. The second-order valence-electron chi connectivity index (χ2n) is 6.68. The minimum Gasteiger partial charge on any atom is -0.343 e. The molecule has 2 aliphatic heterocycles. The van der Waals surface area contributed by atoms with Crippen LogP contribution in [0.4, 0.5) is 0 Å². The number of aromatic nitrogens is 2. The zero-order valence-electron chi connectivity index (χ0n) is 14.4. The van der Waals surface area contributed by atoms with Crippen LogP contribution in [0.2, 0.25) is 0 Å². The SMILES string of the molecule is CCn1cc(C2CCN(C(=O)CCC3CCNC3)CC2)cn1.Cl.Cl. The number of aryl methyl sites for hydroxylation is 1. The third kappa shape index (κ3) is 5.36. The van der Waals surface area contributed by atoms with Crippen molar-refractivity contribution in [3.05, 3.63) is 18.0 Å². The van der Waals surface area contributed by atoms with Gasteiger partial charge in [-0.05, 0) is 63.1 Å². The lowest BCUT2D eigenvalue weighted by Crippen LogP contribution is -2.38. The maximum Gasteiger partial charge on any atom is 0.222 e. The number of amides is 1. The van der Waals surface area contributed by atoms with Crippen LogP contribution in [0.3, 0.4) is 0 Å². The number of likely N-dealkylation sites (tertiary alicyclic amines) is 1. The standard InChI is InChI=1S/C17H28N4O.2ClH/c1-2-21-13-16(12-19-21)15-6-9-20(10-7-15)17(22)4-3-14-5-8-18-11-14;;/h12-15,18H,2-11H2,1H3;2*1H. The first-order chi connectivity index (χ1) is 10.8. The van der Waals surface area contributed by atoms with E-state index in [0.29, 0.717) is 17.7 Å². The Balaban J connectivity index is 0.00000144. The Morgan fingerprint density at radius 2 is 2.04 bits per heavy atom. The molecule has 2 saturated heterocycles. The summed E-state index contributed by atoms with van der Waals surface area (Å²) >= 11 is 0. The highest BCUT2D eigenvalue weighted by Crippen LogP contribution is 2.28. The second kappa shape index (κ2) is 10.3. The molecule has 0 spiro atoms. The van der Waals surface area contributed by atoms with Gasteiger partial charge in [-0.2, -0.15) is 5.10 Å². The van der Waals surface area contributed by atoms with Crippen molar-refractivity contribution in [1.29, 1.82) is 0 Å². The highest BCUT2D eigenvalue weighted by molar-refractivity contribution is 5.85. The number of hydrogen-bond acceptors (Lipinski definition) is 3. The lowest BCUT2D eigenvalue weighted by atomic mass is 9.91. The van der Waals surface area contributed by atoms with Crippen LogP contribution in [-0.4, -0.2) is 46.8 Å². The van der Waals surface area contributed by atoms with Gasteiger partial charge in [0, 0.05) is 32.3 Å². The van der Waals surface area contributed by atoms with E-state index in [1.807, 2.05) is 10.9 Å². The Bertz CT molecular complexity index is 495. The number of nitrogens with zero attached hydrogens (tertiary/aromatic N) is 3. The molecule has 1 aromatic heterocycles. The first-order valence-electron chi connectivity index (χ1n) is 8.77. The Kier molecular flexibility index (Phi) is 9.09. The summed E-state index contributed by atoms with van der Waals surface area (Å²) in [5.74, 6) is 1.64. The Morgan fingerprint density at radius 1 is 1.29 bits per heavy atom. The molecular weight excluding hydrogens is 347 g/mol. The summed E-state index contributed by atoms with van der Waals surface area (Å²) in [6.07, 6.45) is 9.32. The number of halogens is 2. The Hall–Kier alpha value is -0.780. The van der Waals surface area contributed by atoms with Gasteiger partial charge in [0.25, 0.3) is 0 Å². The largest absolute Gasteiger partial charge is 0.343 e. The molecule has 24 heavy (non-hydrogen) atoms. The van der Waals surface area contributed by atoms with Crippen LogP contribution in [0.1, 0.15) is 50.5 Å². The molecule has 0 aromatic carbocycles. The molecule has 138 valence electrons. The molecule has 3 heterocycles. The fraction of sp³-hybridized carbons (Fsp3) is 0.765. The first-order valence-corrected chi connectivity index (χ1v) is 8.77. The van der Waals surface area contributed by atoms with Crippen LogP contribution in [0.15, 0.2) is 12.4 Å². The van der Waals surface area contributed by atoms with Gasteiger partial charge < -0.3 is 10.2 Å². The topological polar surface area (TPSA) is 50.2 Å². The third-order valence-electron chi connectivity index (χ3n) is 5.23. The molecule has 1 amide bonds. The van der Waals surface area contributed by atoms with Crippen molar-refractivity contribution in [2.45, 2.75) is 51.5 Å². The van der Waals surface area contributed by atoms with Crippen LogP contribution >= 0.6 is 24.8 Å². The minimum atomic E-state index is 0. The Labute approximate surface area is 157 Å². The van der Waals surface area contributed by atoms with E-state index in [0.717, 1.165) is 58.4 Å². The predicted octanol–water partition coefficient (Wildman–Crippen LogP) is 2.84. The van der Waals surface area contributed by atoms with Gasteiger partial charge in [0.15, 0.2) is 0 Å². The third-order valence-corrected chi connectivity index (χ3v) is 5.23. The number of nitrogens with one attached hydrogen (secondary N) is 1. The maximum atomic E-state index is 12.3. The zero-order valence-corrected chi connectivity index (χ0v) is 16.1. The molecule has 1 N–H and O–H groups in total. The van der Waals surface area contributed by atoms with E-state index >= 15 is 0 Å². The molecule has 2 aliphatic rings. The molecular formula is C17H30Cl2N4O. The second-order valence-corrected chi connectivity index (χ2v) is 6.68. The van der Waals surface area contributed by atoms with Crippen LogP contribution in [0.25, 0.3) is 0 Å². The summed E-state index contributed by atoms with van der Waals surface area (Å²) in [6, 6.07) is 0. The number of rotatable bonds is 5. The van der Waals surface area contributed by atoms with Crippen LogP contribution in [-0.2, 0) is 11.3 Å². The van der Waals surface area contributed by atoms with Gasteiger partial charge in [-0.3, -0.25) is 9.48 Å². The van der Waals surface area contributed by atoms with E-state index in [4.69, 9.17) is 0 Å². The van der Waals surface area contributed by atoms with E-state index in [1.54, 1.807) is 0 Å². The van der Waals surface area contributed by atoms with Crippen molar-refractivity contribution in [2.24, 2.45) is 5.92 Å². The normalized spacial score (nSPS) is 21.2. The van der Waals surface area contributed by atoms with E-state index in [2.05, 4.69) is 28.4 Å². The van der Waals surface area contributed by atoms with Crippen molar-refractivity contribution in [3.8, 4) is 0 Å². The molecule has 1 aromatic rings. The van der Waals surface area contributed by atoms with Crippen molar-refractivity contribution >= 4 is 30.7 Å². The molecule has 7 heteroatoms. The fourth-order valence-corrected chi connectivity index (χ4v) is 3.67. The van der Waals surface area contributed by atoms with Crippen molar-refractivity contribution < 1.29 is 4.79 Å². The first kappa shape index (κ1) is 21.3. The van der Waals surface area contributed by atoms with Gasteiger partial charge in [0.2, 0.25) is 5.91 Å². The molecule has 0 bridgehead atoms. The lowest BCUT2D eigenvalue weighted by molar-refractivity contribution is -0.132. The molecule has 0 aliphatic carbocycles. The van der Waals surface area contributed by atoms with Crippen molar-refractivity contribution in [2.75, 3.05) is 26.2 Å². The van der Waals surface area contributed by atoms with Crippen LogP contribution in [0.5, 0.6) is 0 Å². The summed E-state index contributed by atoms with van der Waals surface area (Å²) in [4.78, 5) is 14.4. The predicted molar refractivity (Wildman–Crippen MR) is 101 cm³/mol. The van der Waals surface area contributed by atoms with Gasteiger partial charge in [0.1, 0.15) is 0 Å². The average molecular weight is 377 g/mol. The number of hydrogen-bond donors (Lipinski definition) is 1. The van der Waals surface area contributed by atoms with Crippen molar-refractivity contribution in [3.63, 3.8) is 0 Å². The van der Waals surface area contributed by atoms with Crippen LogP contribution < -0.4 is 5.32 Å². The number of carbonyl (C=O) groups is 1. The minimum absolute atomic E-state index is 0. The summed E-state index contributed by atoms with van der Waals surface area (Å²) in [5, 5.41) is 7.74. The van der Waals surface area contributed by atoms with E-state index in [1.165, 1.54) is 12.0 Å². The molecule has 5 nitrogen and oxygen atoms in total. The number of piperidine rings is 1. The van der Waals surface area contributed by atoms with Crippen LogP contribution in [0, 0.1) is 5.92 Å². The monoisotopic (exact) mass is 376 g/mol. The van der Waals surface area contributed by atoms with Gasteiger partial charge in [-0.25, -0.2) is 0 Å². The van der Waals surface area contributed by atoms with E-state index < -0.39 is 0 Å². The molecule has 2 fully saturated rings. The summed E-state index contributed by atoms with van der Waals surface area (Å²) in [6.45, 7) is 7.06. The van der Waals surface area contributed by atoms with Gasteiger partial charge in [0.05, 0.1) is 6.20 Å². The molecule has 0 saturated carbocycles. The van der Waals surface area contributed by atoms with Gasteiger partial charge in [-0.1, -0.05) is 0 Å². The van der Waals surface area contributed by atoms with Gasteiger partial charge >= 0.3 is 0 Å². The molecule has 1 unspecified atom stereocenters. The highest BCUT2D eigenvalue weighted by Gasteiger charge is 2.25. The smallest absolute Gasteiger partial charge is 0.222 e. The maximum absolute atomic E-state index is 12.3. The summed E-state index contributed by atoms with van der Waals surface area (Å²) in [7, 11) is 0. The van der Waals surface area contributed by atoms with Crippen molar-refractivity contribution in [1.82, 2.24) is 20.0 Å². The highest BCUT2D eigenvalue weighted by atomic mass is 35.5. The average Bonchev–Trinajstić information content (AvgIpc) is 3.24. The molecule has 1 atom stereocenters. The molecule has 0 radical (unpaired) electrons. The van der Waals surface area contributed by atoms with E-state index in [9.17, 15) is 4.79 Å². The fourth-order valence-electron chi connectivity index (χ4n) is 3.67. The quantitative estimate of drug-likeness (QED) is 0.859. The summed E-state index contributed by atoms with van der Waals surface area (Å²) in [5.41, 5.74) is 1.34. The zero-order chi connectivity index (χ0) is 15.4. The van der Waals surface area contributed by atoms with Gasteiger partial charge in [-0.15, -0.1) is 24.8 Å². The Morgan fingerprint density at radius 3 is 2.62 bits per heavy atom. The van der Waals surface area contributed by atoms with E-state index in [-0.39, 0.29) is 24.8 Å². The lowest BCUT2D eigenvalue weighted by Gasteiger charge is -2.32.